The summed E-state index contributed by atoms with van der Waals surface area (Å²) in [6.45, 7) is 11.0. The van der Waals surface area contributed by atoms with E-state index >= 15 is 0 Å². The van der Waals surface area contributed by atoms with Gasteiger partial charge in [0.15, 0.2) is 0 Å². The molecule has 0 heterocycles. The normalized spacial score (nSPS) is 12.8. The fourth-order valence-electron chi connectivity index (χ4n) is 1.80. The van der Waals surface area contributed by atoms with Crippen molar-refractivity contribution in [3.05, 3.63) is 0 Å². The molecule has 0 aromatic carbocycles. The molecular weight excluding hydrogens is 253 g/mol. The monoisotopic (exact) mass is 272 g/mol. The summed E-state index contributed by atoms with van der Waals surface area (Å²) >= 11 is -1.22. The Hall–Kier alpha value is 0.340. The summed E-state index contributed by atoms with van der Waals surface area (Å²) in [7, 11) is 0. The van der Waals surface area contributed by atoms with E-state index in [0.717, 1.165) is 6.42 Å². The molecule has 1 amide bonds. The minimum absolute atomic E-state index is 0.0144. The molecule has 0 aliphatic rings. The number of carbonyl (C=O) groups excluding carboxylic acids is 1. The Morgan fingerprint density at radius 3 is 1.92 bits per heavy atom. The minimum atomic E-state index is -1.22. The van der Waals surface area contributed by atoms with Gasteiger partial charge < -0.3 is 0 Å². The third-order valence-electron chi connectivity index (χ3n) is 1.52. The molecule has 0 unspecified atom stereocenters. The van der Waals surface area contributed by atoms with Gasteiger partial charge in [-0.15, -0.1) is 0 Å². The first-order valence-electron chi connectivity index (χ1n) is 4.28. The Labute approximate surface area is 86.6 Å². The van der Waals surface area contributed by atoms with Crippen LogP contribution in [-0.2, 0) is 0 Å². The second-order valence-electron chi connectivity index (χ2n) is 5.27. The maximum atomic E-state index is 10.8. The Balaban J connectivity index is 4.13. The average Bonchev–Trinajstić information content (AvgIpc) is 1.48. The molecule has 2 N–H and O–H groups in total. The van der Waals surface area contributed by atoms with E-state index in [4.69, 9.17) is 5.73 Å². The van der Waals surface area contributed by atoms with Gasteiger partial charge in [0.1, 0.15) is 0 Å². The van der Waals surface area contributed by atoms with Crippen LogP contribution < -0.4 is 5.73 Å². The van der Waals surface area contributed by atoms with Gasteiger partial charge in [0.2, 0.25) is 0 Å². The molecule has 0 aliphatic heterocycles. The molecule has 0 saturated heterocycles. The maximum absolute atomic E-state index is 10.8. The number of amides is 1. The first-order chi connectivity index (χ1) is 5.12. The SMILES string of the molecule is CC(C)(C)C[C](C)(C)[In][C](N)=O. The van der Waals surface area contributed by atoms with Crippen LogP contribution in [0.3, 0.4) is 0 Å². The van der Waals surface area contributed by atoms with Crippen molar-refractivity contribution in [3.8, 4) is 0 Å². The van der Waals surface area contributed by atoms with Crippen molar-refractivity contribution in [2.75, 3.05) is 0 Å². The van der Waals surface area contributed by atoms with E-state index in [1.807, 2.05) is 0 Å². The van der Waals surface area contributed by atoms with Crippen molar-refractivity contribution in [2.45, 2.75) is 44.2 Å². The summed E-state index contributed by atoms with van der Waals surface area (Å²) < 4.78 is 0.207. The number of nitrogens with two attached hydrogens (primary N) is 1. The van der Waals surface area contributed by atoms with Crippen molar-refractivity contribution in [3.63, 3.8) is 0 Å². The van der Waals surface area contributed by atoms with Gasteiger partial charge in [-0.1, -0.05) is 0 Å². The van der Waals surface area contributed by atoms with Crippen LogP contribution in [0.5, 0.6) is 0 Å². The molecule has 0 atom stereocenters. The van der Waals surface area contributed by atoms with Gasteiger partial charge in [-0.2, -0.15) is 0 Å². The summed E-state index contributed by atoms with van der Waals surface area (Å²) in [6, 6.07) is 0. The van der Waals surface area contributed by atoms with Crippen LogP contribution in [0, 0.1) is 5.41 Å². The Morgan fingerprint density at radius 1 is 1.25 bits per heavy atom. The Morgan fingerprint density at radius 2 is 1.67 bits per heavy atom. The fourth-order valence-corrected chi connectivity index (χ4v) is 6.04. The average molecular weight is 272 g/mol. The number of carbonyl (C=O) groups is 1. The molecule has 0 rings (SSSR count). The van der Waals surface area contributed by atoms with Crippen LogP contribution in [-0.4, -0.2) is 26.6 Å². The van der Waals surface area contributed by atoms with Crippen molar-refractivity contribution in [1.82, 2.24) is 0 Å². The quantitative estimate of drug-likeness (QED) is 0.842. The summed E-state index contributed by atoms with van der Waals surface area (Å²) in [5, 5.41) is 0. The molecule has 0 aliphatic carbocycles. The van der Waals surface area contributed by atoms with Crippen molar-refractivity contribution < 1.29 is 4.79 Å². The standard InChI is InChI=1S/C8H17.CH2NO.In/c1-7(2)6-8(3,4)5;2-1-3;/h6H2,1-5H3;(H2,2,3);. The van der Waals surface area contributed by atoms with E-state index in [-0.39, 0.29) is 6.84 Å². The zero-order valence-corrected chi connectivity index (χ0v) is 12.1. The van der Waals surface area contributed by atoms with Gasteiger partial charge in [0.25, 0.3) is 0 Å². The summed E-state index contributed by atoms with van der Waals surface area (Å²) in [6.07, 6.45) is 1.10. The molecule has 2 nitrogen and oxygen atoms in total. The summed E-state index contributed by atoms with van der Waals surface area (Å²) in [5.41, 5.74) is 5.55. The molecule has 0 aromatic rings. The molecule has 1 radical (unpaired) electrons. The van der Waals surface area contributed by atoms with Crippen LogP contribution >= 0.6 is 0 Å². The van der Waals surface area contributed by atoms with Gasteiger partial charge in [-0.05, 0) is 0 Å². The fraction of sp³-hybridized carbons (Fsp3) is 0.889. The van der Waals surface area contributed by atoms with Crippen molar-refractivity contribution in [2.24, 2.45) is 11.1 Å². The van der Waals surface area contributed by atoms with E-state index in [1.165, 1.54) is 0 Å². The molecule has 69 valence electrons. The number of hydrogen-bond acceptors (Lipinski definition) is 1. The second-order valence-corrected chi connectivity index (χ2v) is 12.2. The van der Waals surface area contributed by atoms with Gasteiger partial charge in [0.05, 0.1) is 0 Å². The zero-order valence-electron chi connectivity index (χ0n) is 8.77. The summed E-state index contributed by atoms with van der Waals surface area (Å²) in [5.74, 6) is 0. The van der Waals surface area contributed by atoms with E-state index in [1.54, 1.807) is 0 Å². The van der Waals surface area contributed by atoms with Crippen molar-refractivity contribution in [1.29, 1.82) is 0 Å². The number of hydrogen-bond donors (Lipinski definition) is 1. The molecule has 0 bridgehead atoms. The molecule has 0 saturated carbocycles. The first kappa shape index (κ1) is 12.3. The third-order valence-corrected chi connectivity index (χ3v) is 5.14. The van der Waals surface area contributed by atoms with Crippen molar-refractivity contribution >= 4 is 26.6 Å². The predicted molar refractivity (Wildman–Crippen MR) is 53.5 cm³/mol. The first-order valence-corrected chi connectivity index (χ1v) is 7.57. The molecular formula is C9H19InNO. The van der Waals surface area contributed by atoms with E-state index < -0.39 is 22.9 Å². The number of primary amides is 1. The van der Waals surface area contributed by atoms with Gasteiger partial charge in [-0.3, -0.25) is 0 Å². The molecule has 3 heteroatoms. The second kappa shape index (κ2) is 4.03. The molecule has 0 aromatic heterocycles. The Kier molecular flexibility index (Phi) is 4.15. The van der Waals surface area contributed by atoms with Crippen LogP contribution in [0.4, 0.5) is 4.79 Å². The van der Waals surface area contributed by atoms with Crippen LogP contribution in [0.25, 0.3) is 0 Å². The van der Waals surface area contributed by atoms with Crippen LogP contribution in [0.1, 0.15) is 41.0 Å². The van der Waals surface area contributed by atoms with Crippen LogP contribution in [0.15, 0.2) is 0 Å². The van der Waals surface area contributed by atoms with E-state index in [9.17, 15) is 4.79 Å². The molecule has 0 fully saturated rings. The van der Waals surface area contributed by atoms with E-state index in [0.29, 0.717) is 5.41 Å². The zero-order chi connectivity index (χ0) is 9.99. The molecule has 12 heavy (non-hydrogen) atoms. The Bertz CT molecular complexity index is 170. The van der Waals surface area contributed by atoms with Gasteiger partial charge >= 0.3 is 86.7 Å². The van der Waals surface area contributed by atoms with Crippen LogP contribution in [0.2, 0.25) is 3.17 Å². The van der Waals surface area contributed by atoms with Gasteiger partial charge in [0, 0.05) is 0 Å². The topological polar surface area (TPSA) is 43.1 Å². The summed E-state index contributed by atoms with van der Waals surface area (Å²) in [4.78, 5) is 10.8. The predicted octanol–water partition coefficient (Wildman–Crippen LogP) is 2.40. The number of rotatable bonds is 3. The molecule has 0 spiro atoms. The van der Waals surface area contributed by atoms with Gasteiger partial charge in [-0.25, -0.2) is 0 Å². The van der Waals surface area contributed by atoms with E-state index in [2.05, 4.69) is 34.6 Å². The third kappa shape index (κ3) is 7.01.